The zero-order valence-corrected chi connectivity index (χ0v) is 7.97. The third-order valence-electron chi connectivity index (χ3n) is 1.68. The van der Waals surface area contributed by atoms with E-state index < -0.39 is 0 Å². The Kier molecular flexibility index (Phi) is 4.21. The van der Waals surface area contributed by atoms with Gasteiger partial charge in [0.15, 0.2) is 0 Å². The number of hydrogen-bond acceptors (Lipinski definition) is 4. The van der Waals surface area contributed by atoms with Crippen LogP contribution in [0.5, 0.6) is 0 Å². The van der Waals surface area contributed by atoms with Crippen molar-refractivity contribution in [2.45, 2.75) is 19.4 Å². The van der Waals surface area contributed by atoms with Gasteiger partial charge in [-0.1, -0.05) is 6.92 Å². The molecule has 68 valence electrons. The highest BCUT2D eigenvalue weighted by Gasteiger charge is 2.10. The Balaban J connectivity index is 2.53. The highest BCUT2D eigenvalue weighted by molar-refractivity contribution is 7.07. The minimum absolute atomic E-state index is 0.204. The summed E-state index contributed by atoms with van der Waals surface area (Å²) in [6, 6.07) is 0.214. The second-order valence-corrected chi connectivity index (χ2v) is 3.25. The summed E-state index contributed by atoms with van der Waals surface area (Å²) in [7, 11) is 0. The summed E-state index contributed by atoms with van der Waals surface area (Å²) in [5, 5.41) is 14.1. The molecule has 1 aromatic rings. The molecule has 1 unspecified atom stereocenters. The Morgan fingerprint density at radius 2 is 2.58 bits per heavy atom. The summed E-state index contributed by atoms with van der Waals surface area (Å²) in [4.78, 5) is 4.20. The smallest absolute Gasteiger partial charge is 0.0795 e. The average molecular weight is 186 g/mol. The Bertz CT molecular complexity index is 195. The highest BCUT2D eigenvalue weighted by atomic mass is 32.1. The van der Waals surface area contributed by atoms with Gasteiger partial charge < -0.3 is 10.4 Å². The van der Waals surface area contributed by atoms with E-state index in [1.807, 2.05) is 10.9 Å². The molecule has 0 spiro atoms. The van der Waals surface area contributed by atoms with Crippen LogP contribution in [0.15, 0.2) is 10.9 Å². The lowest BCUT2D eigenvalue weighted by Gasteiger charge is -2.13. The molecule has 0 aliphatic rings. The fourth-order valence-electron chi connectivity index (χ4n) is 1.12. The van der Waals surface area contributed by atoms with E-state index in [0.29, 0.717) is 0 Å². The van der Waals surface area contributed by atoms with Gasteiger partial charge in [-0.2, -0.15) is 0 Å². The first-order valence-corrected chi connectivity index (χ1v) is 5.05. The minimum Gasteiger partial charge on any atom is -0.396 e. The Morgan fingerprint density at radius 3 is 3.08 bits per heavy atom. The molecule has 0 saturated heterocycles. The van der Waals surface area contributed by atoms with Crippen molar-refractivity contribution >= 4 is 11.3 Å². The Hall–Kier alpha value is -0.450. The molecule has 0 bridgehead atoms. The number of aromatic nitrogens is 1. The van der Waals surface area contributed by atoms with E-state index in [2.05, 4.69) is 17.2 Å². The van der Waals surface area contributed by atoms with E-state index in [4.69, 9.17) is 5.11 Å². The third kappa shape index (κ3) is 2.55. The normalized spacial score (nSPS) is 13.2. The summed E-state index contributed by atoms with van der Waals surface area (Å²) in [5.74, 6) is 0. The second kappa shape index (κ2) is 5.24. The maximum Gasteiger partial charge on any atom is 0.0795 e. The monoisotopic (exact) mass is 186 g/mol. The maximum atomic E-state index is 8.80. The second-order valence-electron chi connectivity index (χ2n) is 2.54. The average Bonchev–Trinajstić information content (AvgIpc) is 2.56. The summed E-state index contributed by atoms with van der Waals surface area (Å²) in [6.45, 7) is 3.16. The Morgan fingerprint density at radius 1 is 1.75 bits per heavy atom. The van der Waals surface area contributed by atoms with Crippen molar-refractivity contribution in [2.24, 2.45) is 0 Å². The van der Waals surface area contributed by atoms with Gasteiger partial charge in [0.25, 0.3) is 0 Å². The predicted molar refractivity (Wildman–Crippen MR) is 50.2 cm³/mol. The van der Waals surface area contributed by atoms with Gasteiger partial charge in [0.2, 0.25) is 0 Å². The lowest BCUT2D eigenvalue weighted by Crippen LogP contribution is -2.22. The molecule has 0 aliphatic carbocycles. The van der Waals surface area contributed by atoms with Crippen LogP contribution in [-0.2, 0) is 0 Å². The van der Waals surface area contributed by atoms with Crippen LogP contribution in [0, 0.1) is 0 Å². The Labute approximate surface area is 76.5 Å². The summed E-state index contributed by atoms with van der Waals surface area (Å²) >= 11 is 1.59. The lowest BCUT2D eigenvalue weighted by molar-refractivity contribution is 0.265. The quantitative estimate of drug-likeness (QED) is 0.725. The van der Waals surface area contributed by atoms with E-state index >= 15 is 0 Å². The molecule has 0 fully saturated rings. The largest absolute Gasteiger partial charge is 0.396 e. The number of nitrogens with one attached hydrogen (secondary N) is 1. The van der Waals surface area contributed by atoms with E-state index in [1.165, 1.54) is 0 Å². The molecule has 4 heteroatoms. The summed E-state index contributed by atoms with van der Waals surface area (Å²) < 4.78 is 0. The van der Waals surface area contributed by atoms with Crippen molar-refractivity contribution in [3.05, 3.63) is 16.6 Å². The number of hydrogen-bond donors (Lipinski definition) is 2. The van der Waals surface area contributed by atoms with Crippen molar-refractivity contribution in [3.63, 3.8) is 0 Å². The fourth-order valence-corrected chi connectivity index (χ4v) is 1.73. The van der Waals surface area contributed by atoms with Crippen LogP contribution < -0.4 is 5.32 Å². The van der Waals surface area contributed by atoms with Crippen molar-refractivity contribution in [2.75, 3.05) is 13.2 Å². The van der Waals surface area contributed by atoms with Crippen LogP contribution >= 0.6 is 11.3 Å². The SMILES string of the molecule is CCNC(CCO)c1cscn1. The number of thiazole rings is 1. The zero-order chi connectivity index (χ0) is 8.81. The molecule has 2 N–H and O–H groups in total. The highest BCUT2D eigenvalue weighted by Crippen LogP contribution is 2.15. The van der Waals surface area contributed by atoms with Crippen LogP contribution in [0.2, 0.25) is 0 Å². The van der Waals surface area contributed by atoms with E-state index in [0.717, 1.165) is 18.7 Å². The van der Waals surface area contributed by atoms with Gasteiger partial charge in [-0.3, -0.25) is 0 Å². The molecule has 1 aromatic heterocycles. The van der Waals surface area contributed by atoms with Crippen LogP contribution in [0.25, 0.3) is 0 Å². The number of nitrogens with zero attached hydrogens (tertiary/aromatic N) is 1. The molecule has 0 radical (unpaired) electrons. The van der Waals surface area contributed by atoms with E-state index in [-0.39, 0.29) is 12.6 Å². The van der Waals surface area contributed by atoms with Crippen LogP contribution in [0.3, 0.4) is 0 Å². The molecular weight excluding hydrogens is 172 g/mol. The predicted octanol–water partition coefficient (Wildman–Crippen LogP) is 1.18. The van der Waals surface area contributed by atoms with Crippen LogP contribution in [0.1, 0.15) is 25.1 Å². The molecule has 1 atom stereocenters. The standard InChI is InChI=1S/C8H14N2OS/c1-2-9-7(3-4-11)8-5-12-6-10-8/h5-7,9,11H,2-4H2,1H3. The fraction of sp³-hybridized carbons (Fsp3) is 0.625. The first kappa shape index (κ1) is 9.64. The maximum absolute atomic E-state index is 8.80. The minimum atomic E-state index is 0.204. The van der Waals surface area contributed by atoms with Gasteiger partial charge in [0.05, 0.1) is 17.2 Å². The van der Waals surface area contributed by atoms with Gasteiger partial charge in [-0.15, -0.1) is 11.3 Å². The summed E-state index contributed by atoms with van der Waals surface area (Å²) in [5.41, 5.74) is 2.85. The molecular formula is C8H14N2OS. The first-order chi connectivity index (χ1) is 5.88. The number of aliphatic hydroxyl groups is 1. The van der Waals surface area contributed by atoms with Crippen LogP contribution in [-0.4, -0.2) is 23.2 Å². The van der Waals surface area contributed by atoms with Crippen molar-refractivity contribution in [1.29, 1.82) is 0 Å². The van der Waals surface area contributed by atoms with Gasteiger partial charge in [-0.05, 0) is 13.0 Å². The topological polar surface area (TPSA) is 45.1 Å². The first-order valence-electron chi connectivity index (χ1n) is 4.10. The molecule has 0 saturated carbocycles. The zero-order valence-electron chi connectivity index (χ0n) is 7.16. The molecule has 0 aromatic carbocycles. The lowest BCUT2D eigenvalue weighted by atomic mass is 10.1. The van der Waals surface area contributed by atoms with Crippen molar-refractivity contribution < 1.29 is 5.11 Å². The molecule has 1 rings (SSSR count). The van der Waals surface area contributed by atoms with Gasteiger partial charge in [0, 0.05) is 12.0 Å². The van der Waals surface area contributed by atoms with E-state index in [9.17, 15) is 0 Å². The van der Waals surface area contributed by atoms with Gasteiger partial charge in [0.1, 0.15) is 0 Å². The molecule has 3 nitrogen and oxygen atoms in total. The van der Waals surface area contributed by atoms with Crippen molar-refractivity contribution in [3.8, 4) is 0 Å². The molecule has 1 heterocycles. The molecule has 12 heavy (non-hydrogen) atoms. The van der Waals surface area contributed by atoms with Crippen molar-refractivity contribution in [1.82, 2.24) is 10.3 Å². The van der Waals surface area contributed by atoms with E-state index in [1.54, 1.807) is 11.3 Å². The molecule has 0 aliphatic heterocycles. The number of rotatable bonds is 5. The summed E-state index contributed by atoms with van der Waals surface area (Å²) in [6.07, 6.45) is 0.734. The van der Waals surface area contributed by atoms with Crippen LogP contribution in [0.4, 0.5) is 0 Å². The van der Waals surface area contributed by atoms with Gasteiger partial charge in [-0.25, -0.2) is 4.98 Å². The number of aliphatic hydroxyl groups excluding tert-OH is 1. The van der Waals surface area contributed by atoms with Gasteiger partial charge >= 0.3 is 0 Å². The third-order valence-corrected chi connectivity index (χ3v) is 2.28. The molecule has 0 amide bonds.